The van der Waals surface area contributed by atoms with Crippen molar-refractivity contribution >= 4 is 34.9 Å². The number of hydrogen-bond acceptors (Lipinski definition) is 8. The van der Waals surface area contributed by atoms with Crippen LogP contribution in [0.5, 0.6) is 0 Å². The number of benzene rings is 1. The lowest BCUT2D eigenvalue weighted by atomic mass is 9.87. The fraction of sp³-hybridized carbons (Fsp3) is 0.556. The number of alkyl halides is 5. The summed E-state index contributed by atoms with van der Waals surface area (Å²) in [6, 6.07) is 4.75. The Labute approximate surface area is 239 Å². The van der Waals surface area contributed by atoms with Gasteiger partial charge in [-0.25, -0.2) is 18.7 Å². The van der Waals surface area contributed by atoms with Crippen molar-refractivity contribution < 1.29 is 36.2 Å². The third-order valence-electron chi connectivity index (χ3n) is 7.65. The van der Waals surface area contributed by atoms with E-state index >= 15 is 0 Å². The van der Waals surface area contributed by atoms with Crippen LogP contribution < -0.4 is 15.1 Å². The highest BCUT2D eigenvalue weighted by Crippen LogP contribution is 2.47. The number of carbonyl (C=O) groups is 1. The molecule has 2 saturated heterocycles. The van der Waals surface area contributed by atoms with Crippen molar-refractivity contribution in [3.63, 3.8) is 0 Å². The molecular formula is C27H32F5N7O3. The molecule has 1 aromatic carbocycles. The smallest absolute Gasteiger partial charge is 0.408 e. The molecule has 0 radical (unpaired) electrons. The average Bonchev–Trinajstić information content (AvgIpc) is 3.53. The molecule has 1 amide bonds. The largest absolute Gasteiger partial charge is 0.457 e. The van der Waals surface area contributed by atoms with Crippen LogP contribution in [0.15, 0.2) is 24.3 Å². The van der Waals surface area contributed by atoms with Gasteiger partial charge in [0.2, 0.25) is 5.91 Å². The maximum absolute atomic E-state index is 13.7. The van der Waals surface area contributed by atoms with E-state index in [4.69, 9.17) is 14.9 Å². The molecule has 2 N–H and O–H groups in total. The van der Waals surface area contributed by atoms with Crippen molar-refractivity contribution in [3.05, 3.63) is 35.7 Å². The second-order valence-corrected chi connectivity index (χ2v) is 10.8. The van der Waals surface area contributed by atoms with Gasteiger partial charge in [0, 0.05) is 25.3 Å². The van der Waals surface area contributed by atoms with Crippen LogP contribution in [0.2, 0.25) is 0 Å². The van der Waals surface area contributed by atoms with Gasteiger partial charge in [-0.1, -0.05) is 0 Å². The van der Waals surface area contributed by atoms with Crippen LogP contribution >= 0.6 is 0 Å². The van der Waals surface area contributed by atoms with E-state index in [0.29, 0.717) is 24.5 Å². The van der Waals surface area contributed by atoms with Gasteiger partial charge in [-0.2, -0.15) is 13.2 Å². The van der Waals surface area contributed by atoms with Gasteiger partial charge in [0.1, 0.15) is 17.7 Å². The predicted molar refractivity (Wildman–Crippen MR) is 144 cm³/mol. The van der Waals surface area contributed by atoms with E-state index in [-0.39, 0.29) is 42.8 Å². The zero-order valence-corrected chi connectivity index (χ0v) is 23.2. The molecule has 10 nitrogen and oxygen atoms in total. The van der Waals surface area contributed by atoms with Crippen molar-refractivity contribution in [3.8, 4) is 0 Å². The number of likely N-dealkylation sites (tertiary alicyclic amines) is 1. The molecule has 0 aliphatic carbocycles. The molecule has 3 aliphatic rings. The third kappa shape index (κ3) is 5.78. The molecule has 0 saturated carbocycles. The summed E-state index contributed by atoms with van der Waals surface area (Å²) >= 11 is 0. The number of fused-ring (bicyclic) bond motifs is 1. The van der Waals surface area contributed by atoms with E-state index in [2.05, 4.69) is 20.2 Å². The summed E-state index contributed by atoms with van der Waals surface area (Å²) in [5.41, 5.74) is 0.555. The Bertz CT molecular complexity index is 1320. The molecule has 1 aromatic heterocycles. The minimum absolute atomic E-state index is 0.00612. The normalized spacial score (nSPS) is 20.3. The quantitative estimate of drug-likeness (QED) is 0.275. The summed E-state index contributed by atoms with van der Waals surface area (Å²) in [5, 5.41) is 10.7. The number of amides is 1. The standard InChI is InChI=1S/C27H32F5N7O3/c1-26(2)21-22(34-14-19(28)29)35-20(15-42-25(33)38-9-3-4-18(38)27(30,31)32)36-23(21)39(24(26)40)17-7-5-16(6-8-17)37-10-12-41-13-11-37/h5-8,18-19,33H,3-4,9-15H2,1-2H3,(H,34,35,36)/t18-/m1/s1. The van der Waals surface area contributed by atoms with Gasteiger partial charge in [-0.05, 0) is 51.0 Å². The highest BCUT2D eigenvalue weighted by molar-refractivity contribution is 6.12. The average molecular weight is 598 g/mol. The maximum Gasteiger partial charge on any atom is 0.408 e. The molecule has 3 aliphatic heterocycles. The Morgan fingerprint density at radius 1 is 1.14 bits per heavy atom. The predicted octanol–water partition coefficient (Wildman–Crippen LogP) is 4.42. The summed E-state index contributed by atoms with van der Waals surface area (Å²) < 4.78 is 77.3. The molecule has 0 spiro atoms. The number of nitrogens with one attached hydrogen (secondary N) is 2. The Kier molecular flexibility index (Phi) is 8.14. The van der Waals surface area contributed by atoms with Crippen molar-refractivity contribution in [2.45, 2.75) is 57.4 Å². The van der Waals surface area contributed by atoms with E-state index in [0.717, 1.165) is 23.7 Å². The third-order valence-corrected chi connectivity index (χ3v) is 7.65. The van der Waals surface area contributed by atoms with Gasteiger partial charge in [-0.15, -0.1) is 0 Å². The Hall–Kier alpha value is -3.75. The molecule has 0 unspecified atom stereocenters. The van der Waals surface area contributed by atoms with Crippen LogP contribution in [0.1, 0.15) is 38.1 Å². The summed E-state index contributed by atoms with van der Waals surface area (Å²) in [4.78, 5) is 26.9. The molecule has 2 fully saturated rings. The molecule has 1 atom stereocenters. The molecule has 2 aromatic rings. The van der Waals surface area contributed by atoms with Gasteiger partial charge in [0.05, 0.1) is 36.4 Å². The molecule has 0 bridgehead atoms. The van der Waals surface area contributed by atoms with E-state index < -0.39 is 43.2 Å². The first-order valence-electron chi connectivity index (χ1n) is 13.6. The SMILES string of the molecule is CC1(C)C(=O)N(c2ccc(N3CCOCC3)cc2)c2nc(COC(=N)N3CCC[C@@H]3C(F)(F)F)nc(NCC(F)F)c21. The van der Waals surface area contributed by atoms with Crippen molar-refractivity contribution in [2.75, 3.05) is 54.5 Å². The number of amidine groups is 1. The van der Waals surface area contributed by atoms with Gasteiger partial charge < -0.3 is 24.6 Å². The topological polar surface area (TPSA) is 107 Å². The zero-order chi connectivity index (χ0) is 30.2. The fourth-order valence-corrected chi connectivity index (χ4v) is 5.52. The van der Waals surface area contributed by atoms with E-state index in [1.54, 1.807) is 26.0 Å². The van der Waals surface area contributed by atoms with Crippen molar-refractivity contribution in [1.82, 2.24) is 14.9 Å². The number of halogens is 5. The van der Waals surface area contributed by atoms with Crippen LogP contribution in [0.3, 0.4) is 0 Å². The summed E-state index contributed by atoms with van der Waals surface area (Å²) in [6.45, 7) is 4.70. The number of nitrogens with zero attached hydrogens (tertiary/aromatic N) is 5. The highest BCUT2D eigenvalue weighted by atomic mass is 19.4. The first-order chi connectivity index (χ1) is 19.9. The molecule has 5 rings (SSSR count). The second-order valence-electron chi connectivity index (χ2n) is 10.8. The van der Waals surface area contributed by atoms with Gasteiger partial charge in [0.15, 0.2) is 12.4 Å². The van der Waals surface area contributed by atoms with Crippen LogP contribution in [-0.2, 0) is 26.3 Å². The Morgan fingerprint density at radius 2 is 1.81 bits per heavy atom. The van der Waals surface area contributed by atoms with Gasteiger partial charge in [-0.3, -0.25) is 15.1 Å². The monoisotopic (exact) mass is 597 g/mol. The lowest BCUT2D eigenvalue weighted by molar-refractivity contribution is -0.169. The van der Waals surface area contributed by atoms with Crippen molar-refractivity contribution in [2.24, 2.45) is 0 Å². The minimum atomic E-state index is -4.52. The summed E-state index contributed by atoms with van der Waals surface area (Å²) in [7, 11) is 0. The lowest BCUT2D eigenvalue weighted by Crippen LogP contribution is -2.45. The van der Waals surface area contributed by atoms with Crippen LogP contribution in [0, 0.1) is 5.41 Å². The molecular weight excluding hydrogens is 565 g/mol. The van der Waals surface area contributed by atoms with Gasteiger partial charge in [0.25, 0.3) is 12.4 Å². The second kappa shape index (κ2) is 11.5. The molecule has 228 valence electrons. The molecule has 4 heterocycles. The summed E-state index contributed by atoms with van der Waals surface area (Å²) in [5.74, 6) is -0.304. The van der Waals surface area contributed by atoms with Gasteiger partial charge >= 0.3 is 6.18 Å². The van der Waals surface area contributed by atoms with Crippen LogP contribution in [0.25, 0.3) is 0 Å². The van der Waals surface area contributed by atoms with E-state index in [1.807, 2.05) is 12.1 Å². The van der Waals surface area contributed by atoms with E-state index in [1.165, 1.54) is 4.90 Å². The first-order valence-corrected chi connectivity index (χ1v) is 13.6. The number of rotatable bonds is 7. The van der Waals surface area contributed by atoms with Crippen LogP contribution in [-0.4, -0.2) is 84.8 Å². The van der Waals surface area contributed by atoms with Crippen LogP contribution in [0.4, 0.5) is 45.0 Å². The Balaban J connectivity index is 1.45. The lowest BCUT2D eigenvalue weighted by Gasteiger charge is -2.29. The number of aromatic nitrogens is 2. The molecule has 15 heteroatoms. The zero-order valence-electron chi connectivity index (χ0n) is 23.2. The first kappa shape index (κ1) is 29.7. The minimum Gasteiger partial charge on any atom is -0.457 e. The molecule has 42 heavy (non-hydrogen) atoms. The fourth-order valence-electron chi connectivity index (χ4n) is 5.52. The number of ether oxygens (including phenoxy) is 2. The summed E-state index contributed by atoms with van der Waals surface area (Å²) in [6.07, 6.45) is -7.14. The maximum atomic E-state index is 13.7. The number of carbonyl (C=O) groups excluding carboxylic acids is 1. The highest BCUT2D eigenvalue weighted by Gasteiger charge is 2.49. The van der Waals surface area contributed by atoms with E-state index in [9.17, 15) is 26.7 Å². The number of anilines is 4. The Morgan fingerprint density at radius 3 is 2.45 bits per heavy atom. The number of morpholine rings is 1. The van der Waals surface area contributed by atoms with Crippen molar-refractivity contribution in [1.29, 1.82) is 5.41 Å². The number of hydrogen-bond donors (Lipinski definition) is 2.